The van der Waals surface area contributed by atoms with Crippen LogP contribution >= 0.6 is 0 Å². The largest absolute Gasteiger partial charge is 0.497 e. The molecule has 0 spiro atoms. The first kappa shape index (κ1) is 12.8. The molecule has 98 valence electrons. The first-order chi connectivity index (χ1) is 9.11. The molecule has 2 rings (SSSR count). The highest BCUT2D eigenvalue weighted by molar-refractivity contribution is 5.93. The molecule has 0 saturated carbocycles. The Labute approximate surface area is 110 Å². The summed E-state index contributed by atoms with van der Waals surface area (Å²) in [7, 11) is 1.56. The second-order valence-electron chi connectivity index (χ2n) is 3.81. The number of methoxy groups -OCH3 is 1. The fraction of sp³-hybridized carbons (Fsp3) is 0.0714. The van der Waals surface area contributed by atoms with Gasteiger partial charge >= 0.3 is 5.97 Å². The number of carboxylic acid groups (broad SMARTS) is 1. The van der Waals surface area contributed by atoms with Crippen molar-refractivity contribution in [2.24, 2.45) is 0 Å². The molecule has 19 heavy (non-hydrogen) atoms. The Morgan fingerprint density at radius 3 is 2.32 bits per heavy atom. The third-order valence-corrected chi connectivity index (χ3v) is 2.56. The molecule has 0 aliphatic heterocycles. The predicted molar refractivity (Wildman–Crippen MR) is 70.9 cm³/mol. The van der Waals surface area contributed by atoms with Crippen LogP contribution in [0, 0.1) is 0 Å². The van der Waals surface area contributed by atoms with Gasteiger partial charge in [0.2, 0.25) is 0 Å². The summed E-state index contributed by atoms with van der Waals surface area (Å²) in [5, 5.41) is 9.09. The lowest BCUT2D eigenvalue weighted by atomic mass is 10.1. The van der Waals surface area contributed by atoms with Gasteiger partial charge in [-0.2, -0.15) is 0 Å². The summed E-state index contributed by atoms with van der Waals surface area (Å²) in [4.78, 5) is 11.1. The minimum absolute atomic E-state index is 0.0239. The van der Waals surface area contributed by atoms with E-state index in [1.807, 2.05) is 0 Å². The summed E-state index contributed by atoms with van der Waals surface area (Å²) in [6.07, 6.45) is 0. The van der Waals surface area contributed by atoms with Crippen molar-refractivity contribution in [3.8, 4) is 17.2 Å². The second-order valence-corrected chi connectivity index (χ2v) is 3.81. The molecule has 0 amide bonds. The normalized spacial score (nSPS) is 9.95. The maximum absolute atomic E-state index is 11.1. The van der Waals surface area contributed by atoms with Crippen LogP contribution in [-0.2, 0) is 0 Å². The van der Waals surface area contributed by atoms with Crippen LogP contribution in [0.4, 0.5) is 5.69 Å². The van der Waals surface area contributed by atoms with Crippen LogP contribution in [-0.4, -0.2) is 18.2 Å². The quantitative estimate of drug-likeness (QED) is 0.825. The van der Waals surface area contributed by atoms with Gasteiger partial charge in [-0.3, -0.25) is 0 Å². The minimum Gasteiger partial charge on any atom is -0.497 e. The summed E-state index contributed by atoms with van der Waals surface area (Å²) in [5.41, 5.74) is 6.05. The van der Waals surface area contributed by atoms with E-state index in [-0.39, 0.29) is 17.0 Å². The predicted octanol–water partition coefficient (Wildman–Crippen LogP) is 2.77. The highest BCUT2D eigenvalue weighted by Crippen LogP contribution is 2.32. The van der Waals surface area contributed by atoms with E-state index in [1.165, 1.54) is 6.07 Å². The smallest absolute Gasteiger partial charge is 0.339 e. The van der Waals surface area contributed by atoms with E-state index in [2.05, 4.69) is 0 Å². The van der Waals surface area contributed by atoms with E-state index >= 15 is 0 Å². The molecule has 0 saturated heterocycles. The number of carbonyl (C=O) groups is 1. The Morgan fingerprint density at radius 1 is 1.11 bits per heavy atom. The van der Waals surface area contributed by atoms with E-state index in [1.54, 1.807) is 43.5 Å². The van der Waals surface area contributed by atoms with Crippen molar-refractivity contribution in [3.05, 3.63) is 48.0 Å². The van der Waals surface area contributed by atoms with Gasteiger partial charge in [0.15, 0.2) is 5.75 Å². The minimum atomic E-state index is -1.09. The van der Waals surface area contributed by atoms with Crippen molar-refractivity contribution in [1.82, 2.24) is 0 Å². The van der Waals surface area contributed by atoms with E-state index in [4.69, 9.17) is 20.3 Å². The molecule has 0 atom stereocenters. The Balaban J connectivity index is 2.34. The van der Waals surface area contributed by atoms with Gasteiger partial charge in [-0.25, -0.2) is 4.79 Å². The number of rotatable bonds is 4. The third kappa shape index (κ3) is 2.77. The summed E-state index contributed by atoms with van der Waals surface area (Å²) < 4.78 is 10.6. The van der Waals surface area contributed by atoms with Crippen molar-refractivity contribution in [2.75, 3.05) is 12.8 Å². The zero-order chi connectivity index (χ0) is 13.8. The van der Waals surface area contributed by atoms with Crippen LogP contribution in [0.2, 0.25) is 0 Å². The number of anilines is 1. The Morgan fingerprint density at radius 2 is 1.74 bits per heavy atom. The second kappa shape index (κ2) is 5.30. The van der Waals surface area contributed by atoms with Gasteiger partial charge in [-0.1, -0.05) is 6.07 Å². The summed E-state index contributed by atoms with van der Waals surface area (Å²) in [6, 6.07) is 11.4. The van der Waals surface area contributed by atoms with Crippen LogP contribution in [0.3, 0.4) is 0 Å². The van der Waals surface area contributed by atoms with Crippen molar-refractivity contribution in [2.45, 2.75) is 0 Å². The molecule has 0 heterocycles. The van der Waals surface area contributed by atoms with E-state index in [0.29, 0.717) is 11.5 Å². The molecule has 0 fully saturated rings. The highest BCUT2D eigenvalue weighted by Gasteiger charge is 2.14. The molecule has 0 aliphatic rings. The fourth-order valence-corrected chi connectivity index (χ4v) is 1.60. The van der Waals surface area contributed by atoms with Crippen molar-refractivity contribution in [1.29, 1.82) is 0 Å². The number of hydrogen-bond acceptors (Lipinski definition) is 4. The maximum atomic E-state index is 11.1. The Kier molecular flexibility index (Phi) is 3.56. The van der Waals surface area contributed by atoms with Gasteiger partial charge in [0.1, 0.15) is 17.1 Å². The number of hydrogen-bond donors (Lipinski definition) is 2. The maximum Gasteiger partial charge on any atom is 0.339 e. The number of ether oxygens (including phenoxy) is 2. The summed E-state index contributed by atoms with van der Waals surface area (Å²) in [6.45, 7) is 0. The number of para-hydroxylation sites is 1. The van der Waals surface area contributed by atoms with Crippen LogP contribution < -0.4 is 15.2 Å². The number of nitrogen functional groups attached to an aromatic ring is 1. The molecule has 2 aromatic carbocycles. The van der Waals surface area contributed by atoms with Gasteiger partial charge in [-0.15, -0.1) is 0 Å². The number of nitrogens with two attached hydrogens (primary N) is 1. The molecule has 0 aromatic heterocycles. The molecule has 0 unspecified atom stereocenters. The third-order valence-electron chi connectivity index (χ3n) is 2.56. The zero-order valence-electron chi connectivity index (χ0n) is 10.3. The van der Waals surface area contributed by atoms with Gasteiger partial charge in [0.05, 0.1) is 12.8 Å². The number of benzene rings is 2. The SMILES string of the molecule is COc1ccc(Oc2c(N)cccc2C(=O)O)cc1. The van der Waals surface area contributed by atoms with Crippen LogP contribution in [0.5, 0.6) is 17.2 Å². The molecule has 0 radical (unpaired) electrons. The van der Waals surface area contributed by atoms with Gasteiger partial charge in [0.25, 0.3) is 0 Å². The van der Waals surface area contributed by atoms with Gasteiger partial charge in [0, 0.05) is 0 Å². The van der Waals surface area contributed by atoms with E-state index in [0.717, 1.165) is 0 Å². The monoisotopic (exact) mass is 259 g/mol. The van der Waals surface area contributed by atoms with Crippen molar-refractivity contribution in [3.63, 3.8) is 0 Å². The van der Waals surface area contributed by atoms with Crippen molar-refractivity contribution < 1.29 is 19.4 Å². The van der Waals surface area contributed by atoms with Gasteiger partial charge < -0.3 is 20.3 Å². The summed E-state index contributed by atoms with van der Waals surface area (Å²) >= 11 is 0. The Hall–Kier alpha value is -2.69. The molecule has 3 N–H and O–H groups in total. The number of carboxylic acids is 1. The molecular weight excluding hydrogens is 246 g/mol. The van der Waals surface area contributed by atoms with E-state index in [9.17, 15) is 4.79 Å². The lowest BCUT2D eigenvalue weighted by molar-refractivity contribution is 0.0694. The zero-order valence-corrected chi connectivity index (χ0v) is 10.3. The standard InChI is InChI=1S/C14H13NO4/c1-18-9-5-7-10(8-6-9)19-13-11(14(16)17)3-2-4-12(13)15/h2-8H,15H2,1H3,(H,16,17). The number of aromatic carboxylic acids is 1. The molecule has 5 nitrogen and oxygen atoms in total. The topological polar surface area (TPSA) is 81.8 Å². The summed E-state index contributed by atoms with van der Waals surface area (Å²) in [5.74, 6) is 0.226. The Bertz CT molecular complexity index is 593. The highest BCUT2D eigenvalue weighted by atomic mass is 16.5. The lowest BCUT2D eigenvalue weighted by Gasteiger charge is -2.11. The van der Waals surface area contributed by atoms with Crippen LogP contribution in [0.25, 0.3) is 0 Å². The molecule has 5 heteroatoms. The van der Waals surface area contributed by atoms with Crippen molar-refractivity contribution >= 4 is 11.7 Å². The lowest BCUT2D eigenvalue weighted by Crippen LogP contribution is -2.02. The van der Waals surface area contributed by atoms with Crippen LogP contribution in [0.15, 0.2) is 42.5 Å². The molecule has 0 aliphatic carbocycles. The average molecular weight is 259 g/mol. The molecule has 2 aromatic rings. The first-order valence-electron chi connectivity index (χ1n) is 5.55. The molecule has 0 bridgehead atoms. The van der Waals surface area contributed by atoms with E-state index < -0.39 is 5.97 Å². The van der Waals surface area contributed by atoms with Crippen LogP contribution in [0.1, 0.15) is 10.4 Å². The fourth-order valence-electron chi connectivity index (χ4n) is 1.60. The van der Waals surface area contributed by atoms with Gasteiger partial charge in [-0.05, 0) is 36.4 Å². The average Bonchev–Trinajstić information content (AvgIpc) is 2.41. The first-order valence-corrected chi connectivity index (χ1v) is 5.55. The molecular formula is C14H13NO4.